The van der Waals surface area contributed by atoms with Crippen molar-refractivity contribution in [2.75, 3.05) is 7.11 Å². The molecule has 2 rings (SSSR count). The average Bonchev–Trinajstić information content (AvgIpc) is 2.75. The van der Waals surface area contributed by atoms with E-state index in [0.717, 1.165) is 5.56 Å². The van der Waals surface area contributed by atoms with Crippen molar-refractivity contribution in [3.05, 3.63) is 46.3 Å². The summed E-state index contributed by atoms with van der Waals surface area (Å²) in [5.74, 6) is 2.13. The Bertz CT molecular complexity index is 597. The van der Waals surface area contributed by atoms with Crippen molar-refractivity contribution < 1.29 is 13.5 Å². The minimum Gasteiger partial charge on any atom is -0.496 e. The summed E-state index contributed by atoms with van der Waals surface area (Å²) in [7, 11) is 0.490. The summed E-state index contributed by atoms with van der Waals surface area (Å²) in [6, 6.07) is 7.07. The van der Waals surface area contributed by atoms with Crippen molar-refractivity contribution in [2.45, 2.75) is 18.4 Å². The first kappa shape index (κ1) is 14.1. The van der Waals surface area contributed by atoms with Crippen LogP contribution in [0.4, 0.5) is 0 Å². The highest BCUT2D eigenvalue weighted by Crippen LogP contribution is 2.24. The van der Waals surface area contributed by atoms with E-state index in [4.69, 9.17) is 20.9 Å². The van der Waals surface area contributed by atoms with Crippen LogP contribution in [-0.2, 0) is 22.3 Å². The molecule has 0 bridgehead atoms. The minimum absolute atomic E-state index is 0.354. The van der Waals surface area contributed by atoms with E-state index in [1.165, 1.54) is 0 Å². The lowest BCUT2D eigenvalue weighted by molar-refractivity contribution is 0.392. The van der Waals surface area contributed by atoms with Gasteiger partial charge in [-0.1, -0.05) is 16.8 Å². The molecule has 0 aliphatic heterocycles. The lowest BCUT2D eigenvalue weighted by Gasteiger charge is -2.08. The second-order valence-corrected chi connectivity index (χ2v) is 6.01. The zero-order valence-electron chi connectivity index (χ0n) is 10.7. The van der Waals surface area contributed by atoms with Gasteiger partial charge in [0.2, 0.25) is 0 Å². The molecule has 0 saturated carbocycles. The third-order valence-corrected chi connectivity index (χ3v) is 4.03. The molecule has 0 radical (unpaired) electrons. The van der Waals surface area contributed by atoms with Crippen LogP contribution >= 0.6 is 11.6 Å². The van der Waals surface area contributed by atoms with E-state index in [-0.39, 0.29) is 0 Å². The lowest BCUT2D eigenvalue weighted by atomic mass is 10.2. The molecule has 1 atom stereocenters. The first-order valence-electron chi connectivity index (χ1n) is 5.68. The number of halogens is 1. The Labute approximate surface area is 119 Å². The van der Waals surface area contributed by atoms with Gasteiger partial charge in [0.15, 0.2) is 0 Å². The normalized spacial score (nSPS) is 12.4. The summed E-state index contributed by atoms with van der Waals surface area (Å²) < 4.78 is 22.3. The second-order valence-electron chi connectivity index (χ2n) is 4.11. The summed E-state index contributed by atoms with van der Waals surface area (Å²) in [6.45, 7) is 1.80. The number of hydrogen-bond donors (Lipinski definition) is 0. The van der Waals surface area contributed by atoms with Crippen LogP contribution < -0.4 is 4.74 Å². The van der Waals surface area contributed by atoms with Crippen molar-refractivity contribution in [2.24, 2.45) is 0 Å². The lowest BCUT2D eigenvalue weighted by Crippen LogP contribution is -2.01. The van der Waals surface area contributed by atoms with Crippen molar-refractivity contribution in [1.82, 2.24) is 5.16 Å². The summed E-state index contributed by atoms with van der Waals surface area (Å²) in [5, 5.41) is 4.43. The molecule has 1 aromatic carbocycles. The Hall–Kier alpha value is -1.33. The molecule has 102 valence electrons. The molecule has 1 heterocycles. The minimum atomic E-state index is -1.09. The van der Waals surface area contributed by atoms with Gasteiger partial charge in [0.05, 0.1) is 24.3 Å². The fourth-order valence-corrected chi connectivity index (χ4v) is 3.07. The third-order valence-electron chi connectivity index (χ3n) is 2.54. The first-order valence-corrected chi connectivity index (χ1v) is 7.54. The maximum Gasteiger partial charge on any atom is 0.133 e. The van der Waals surface area contributed by atoms with Gasteiger partial charge < -0.3 is 9.26 Å². The van der Waals surface area contributed by atoms with Crippen molar-refractivity contribution in [1.29, 1.82) is 0 Å². The molecule has 0 amide bonds. The zero-order valence-corrected chi connectivity index (χ0v) is 12.3. The highest BCUT2D eigenvalue weighted by molar-refractivity contribution is 7.83. The zero-order chi connectivity index (χ0) is 13.8. The maximum absolute atomic E-state index is 12.1. The molecular formula is C13H14ClNO3S. The Kier molecular flexibility index (Phi) is 4.61. The molecule has 19 heavy (non-hydrogen) atoms. The van der Waals surface area contributed by atoms with Crippen LogP contribution in [0.2, 0.25) is 5.02 Å². The van der Waals surface area contributed by atoms with Gasteiger partial charge >= 0.3 is 0 Å². The SMILES string of the molecule is COc1ccc(Cl)cc1C[S@](=O)Cc1cc(C)on1. The number of nitrogens with zero attached hydrogens (tertiary/aromatic N) is 1. The number of methoxy groups -OCH3 is 1. The average molecular weight is 300 g/mol. The van der Waals surface area contributed by atoms with Gasteiger partial charge in [0, 0.05) is 27.5 Å². The Morgan fingerprint density at radius 3 is 2.79 bits per heavy atom. The van der Waals surface area contributed by atoms with Crippen LogP contribution in [0, 0.1) is 6.92 Å². The van der Waals surface area contributed by atoms with Crippen LogP contribution in [-0.4, -0.2) is 16.5 Å². The molecule has 0 saturated heterocycles. The van der Waals surface area contributed by atoms with E-state index in [9.17, 15) is 4.21 Å². The Morgan fingerprint density at radius 2 is 2.16 bits per heavy atom. The highest BCUT2D eigenvalue weighted by atomic mass is 35.5. The highest BCUT2D eigenvalue weighted by Gasteiger charge is 2.11. The molecule has 0 N–H and O–H groups in total. The molecule has 0 aliphatic carbocycles. The molecule has 1 aromatic heterocycles. The number of aryl methyl sites for hydroxylation is 1. The van der Waals surface area contributed by atoms with Crippen molar-refractivity contribution in [3.8, 4) is 5.75 Å². The number of benzene rings is 1. The fraction of sp³-hybridized carbons (Fsp3) is 0.308. The molecule has 0 spiro atoms. The van der Waals surface area contributed by atoms with Crippen LogP contribution in [0.1, 0.15) is 17.0 Å². The van der Waals surface area contributed by atoms with Gasteiger partial charge in [-0.25, -0.2) is 0 Å². The van der Waals surface area contributed by atoms with E-state index in [2.05, 4.69) is 5.16 Å². The van der Waals surface area contributed by atoms with Crippen LogP contribution in [0.25, 0.3) is 0 Å². The summed E-state index contributed by atoms with van der Waals surface area (Å²) in [5.41, 5.74) is 1.52. The third kappa shape index (κ3) is 3.81. The number of aromatic nitrogens is 1. The summed E-state index contributed by atoms with van der Waals surface area (Å²) >= 11 is 5.94. The van der Waals surface area contributed by atoms with Crippen LogP contribution in [0.15, 0.2) is 28.8 Å². The van der Waals surface area contributed by atoms with Gasteiger partial charge in [0.25, 0.3) is 0 Å². The van der Waals surface area contributed by atoms with E-state index in [1.54, 1.807) is 38.3 Å². The molecule has 2 aromatic rings. The quantitative estimate of drug-likeness (QED) is 0.851. The van der Waals surface area contributed by atoms with Gasteiger partial charge in [-0.05, 0) is 25.1 Å². The molecule has 0 unspecified atom stereocenters. The Morgan fingerprint density at radius 1 is 1.37 bits per heavy atom. The number of hydrogen-bond acceptors (Lipinski definition) is 4. The smallest absolute Gasteiger partial charge is 0.133 e. The molecular weight excluding hydrogens is 286 g/mol. The predicted octanol–water partition coefficient (Wildman–Crippen LogP) is 3.09. The number of ether oxygens (including phenoxy) is 1. The van der Waals surface area contributed by atoms with Crippen molar-refractivity contribution in [3.63, 3.8) is 0 Å². The van der Waals surface area contributed by atoms with Crippen molar-refractivity contribution >= 4 is 22.4 Å². The molecule has 4 nitrogen and oxygen atoms in total. The largest absolute Gasteiger partial charge is 0.496 e. The maximum atomic E-state index is 12.1. The van der Waals surface area contributed by atoms with Crippen LogP contribution in [0.5, 0.6) is 5.75 Å². The standard InChI is InChI=1S/C13H14ClNO3S/c1-9-5-12(15-18-9)8-19(16)7-10-6-11(14)3-4-13(10)17-2/h3-6H,7-8H2,1-2H3/t19-/m0/s1. The van der Waals surface area contributed by atoms with Gasteiger partial charge in [-0.2, -0.15) is 0 Å². The summed E-state index contributed by atoms with van der Waals surface area (Å²) in [6.07, 6.45) is 0. The predicted molar refractivity (Wildman–Crippen MR) is 74.8 cm³/mol. The summed E-state index contributed by atoms with van der Waals surface area (Å²) in [4.78, 5) is 0. The fourth-order valence-electron chi connectivity index (χ4n) is 1.74. The second kappa shape index (κ2) is 6.21. The van der Waals surface area contributed by atoms with Gasteiger partial charge in [-0.3, -0.25) is 4.21 Å². The number of rotatable bonds is 5. The van der Waals surface area contributed by atoms with E-state index in [1.807, 2.05) is 0 Å². The van der Waals surface area contributed by atoms with E-state index < -0.39 is 10.8 Å². The van der Waals surface area contributed by atoms with E-state index >= 15 is 0 Å². The topological polar surface area (TPSA) is 52.3 Å². The first-order chi connectivity index (χ1) is 9.08. The monoisotopic (exact) mass is 299 g/mol. The molecule has 0 fully saturated rings. The molecule has 0 aliphatic rings. The molecule has 6 heteroatoms. The van der Waals surface area contributed by atoms with Crippen LogP contribution in [0.3, 0.4) is 0 Å². The van der Waals surface area contributed by atoms with Gasteiger partial charge in [-0.15, -0.1) is 0 Å². The van der Waals surface area contributed by atoms with Gasteiger partial charge in [0.1, 0.15) is 11.5 Å². The van der Waals surface area contributed by atoms with E-state index in [0.29, 0.717) is 33.7 Å². The Balaban J connectivity index is 2.08.